The molecule has 1 atom stereocenters. The molecule has 0 saturated carbocycles. The molecule has 0 aliphatic heterocycles. The monoisotopic (exact) mass is 335 g/mol. The summed E-state index contributed by atoms with van der Waals surface area (Å²) in [6.45, 7) is 7.90. The van der Waals surface area contributed by atoms with Gasteiger partial charge in [0.05, 0.1) is 3.79 Å². The second-order valence-electron chi connectivity index (χ2n) is 4.34. The molecule has 4 heteroatoms. The lowest BCUT2D eigenvalue weighted by Crippen LogP contribution is -2.37. The van der Waals surface area contributed by atoms with E-state index >= 15 is 0 Å². The van der Waals surface area contributed by atoms with E-state index in [4.69, 9.17) is 0 Å². The molecule has 0 spiro atoms. The first-order valence-corrected chi connectivity index (χ1v) is 8.94. The van der Waals surface area contributed by atoms with Gasteiger partial charge in [0, 0.05) is 22.2 Å². The maximum absolute atomic E-state index is 3.67. The summed E-state index contributed by atoms with van der Waals surface area (Å²) < 4.78 is 1.60. The number of hydrogen-bond acceptors (Lipinski definition) is 3. The van der Waals surface area contributed by atoms with Crippen LogP contribution in [0.5, 0.6) is 0 Å². The Balaban J connectivity index is 2.55. The molecule has 1 aromatic heterocycles. The summed E-state index contributed by atoms with van der Waals surface area (Å²) in [6, 6.07) is 4.76. The highest BCUT2D eigenvalue weighted by Crippen LogP contribution is 2.31. The summed E-state index contributed by atoms with van der Waals surface area (Å²) in [5.41, 5.74) is 0. The number of nitrogens with one attached hydrogen (secondary N) is 1. The topological polar surface area (TPSA) is 12.0 Å². The number of thioether (sulfide) groups is 1. The lowest BCUT2D eigenvalue weighted by atomic mass is 10.0. The Hall–Kier alpha value is 0.490. The highest BCUT2D eigenvalue weighted by molar-refractivity contribution is 9.11. The van der Waals surface area contributed by atoms with E-state index in [1.54, 1.807) is 0 Å². The van der Waals surface area contributed by atoms with Crippen LogP contribution in [0, 0.1) is 0 Å². The van der Waals surface area contributed by atoms with Crippen molar-refractivity contribution in [3.8, 4) is 0 Å². The van der Waals surface area contributed by atoms with Crippen LogP contribution in [0.15, 0.2) is 15.9 Å². The van der Waals surface area contributed by atoms with Gasteiger partial charge in [-0.1, -0.05) is 13.8 Å². The van der Waals surface area contributed by atoms with Gasteiger partial charge in [0.25, 0.3) is 0 Å². The average molecular weight is 336 g/mol. The Morgan fingerprint density at radius 2 is 2.06 bits per heavy atom. The Labute approximate surface area is 122 Å². The maximum Gasteiger partial charge on any atom is 0.0701 e. The van der Waals surface area contributed by atoms with Crippen LogP contribution in [-0.2, 0) is 0 Å². The van der Waals surface area contributed by atoms with E-state index in [1.807, 2.05) is 23.1 Å². The normalized spacial score (nSPS) is 13.9. The summed E-state index contributed by atoms with van der Waals surface area (Å²) >= 11 is 7.33. The quantitative estimate of drug-likeness (QED) is 0.745. The van der Waals surface area contributed by atoms with Crippen LogP contribution in [0.4, 0.5) is 0 Å². The number of rotatable bonds is 7. The van der Waals surface area contributed by atoms with Gasteiger partial charge < -0.3 is 5.32 Å². The first-order chi connectivity index (χ1) is 8.06. The summed E-state index contributed by atoms with van der Waals surface area (Å²) in [7, 11) is 0. The maximum atomic E-state index is 3.67. The molecule has 1 rings (SSSR count). The summed E-state index contributed by atoms with van der Waals surface area (Å²) in [4.78, 5) is 1.40. The summed E-state index contributed by atoms with van der Waals surface area (Å²) in [5.74, 6) is 0. The van der Waals surface area contributed by atoms with Crippen molar-refractivity contribution < 1.29 is 0 Å². The van der Waals surface area contributed by atoms with Crippen molar-refractivity contribution in [1.29, 1.82) is 0 Å². The molecule has 0 bridgehead atoms. The van der Waals surface area contributed by atoms with E-state index in [0.717, 1.165) is 6.54 Å². The molecule has 0 radical (unpaired) electrons. The first-order valence-electron chi connectivity index (χ1n) is 6.10. The van der Waals surface area contributed by atoms with Crippen molar-refractivity contribution in [1.82, 2.24) is 5.32 Å². The fraction of sp³-hybridized carbons (Fsp3) is 0.692. The van der Waals surface area contributed by atoms with Gasteiger partial charge in [0.1, 0.15) is 0 Å². The number of hydrogen-bond donors (Lipinski definition) is 1. The highest BCUT2D eigenvalue weighted by Gasteiger charge is 2.25. The second-order valence-corrected chi connectivity index (χ2v) is 8.11. The fourth-order valence-corrected chi connectivity index (χ4v) is 4.12. The van der Waals surface area contributed by atoms with Crippen molar-refractivity contribution in [2.75, 3.05) is 12.8 Å². The Bertz CT molecular complexity index is 326. The Kier molecular flexibility index (Phi) is 6.56. The Morgan fingerprint density at radius 3 is 2.47 bits per heavy atom. The molecule has 17 heavy (non-hydrogen) atoms. The van der Waals surface area contributed by atoms with Crippen LogP contribution >= 0.6 is 39.0 Å². The van der Waals surface area contributed by atoms with Gasteiger partial charge in [-0.2, -0.15) is 11.8 Å². The molecule has 0 fully saturated rings. The SMILES string of the molecule is CCC(CC)(CNC(C)c1ccc(Br)s1)SC. The van der Waals surface area contributed by atoms with Crippen molar-refractivity contribution in [3.05, 3.63) is 20.8 Å². The predicted molar refractivity (Wildman–Crippen MR) is 85.3 cm³/mol. The third kappa shape index (κ3) is 4.27. The standard InChI is InChI=1S/C13H22BrNS2/c1-5-13(6-2,16-4)9-15-10(3)11-7-8-12(14)17-11/h7-8,10,15H,5-6,9H2,1-4H3. The average Bonchev–Trinajstić information content (AvgIpc) is 2.78. The van der Waals surface area contributed by atoms with E-state index in [9.17, 15) is 0 Å². The van der Waals surface area contributed by atoms with Crippen LogP contribution in [0.3, 0.4) is 0 Å². The lowest BCUT2D eigenvalue weighted by molar-refractivity contribution is 0.462. The van der Waals surface area contributed by atoms with E-state index in [-0.39, 0.29) is 0 Å². The van der Waals surface area contributed by atoms with E-state index in [0.29, 0.717) is 10.8 Å². The molecule has 1 unspecified atom stereocenters. The van der Waals surface area contributed by atoms with Crippen molar-refractivity contribution in [2.24, 2.45) is 0 Å². The number of halogens is 1. The van der Waals surface area contributed by atoms with Gasteiger partial charge in [-0.3, -0.25) is 0 Å². The molecular formula is C13H22BrNS2. The van der Waals surface area contributed by atoms with Crippen LogP contribution in [0.2, 0.25) is 0 Å². The minimum atomic E-state index is 0.392. The van der Waals surface area contributed by atoms with Crippen molar-refractivity contribution in [3.63, 3.8) is 0 Å². The van der Waals surface area contributed by atoms with E-state index in [1.165, 1.54) is 21.5 Å². The van der Waals surface area contributed by atoms with Gasteiger partial charge >= 0.3 is 0 Å². The molecule has 0 aliphatic carbocycles. The van der Waals surface area contributed by atoms with Crippen molar-refractivity contribution in [2.45, 2.75) is 44.4 Å². The zero-order chi connectivity index (χ0) is 12.9. The molecule has 1 aromatic rings. The van der Waals surface area contributed by atoms with Gasteiger partial charge in [-0.15, -0.1) is 11.3 Å². The van der Waals surface area contributed by atoms with Gasteiger partial charge in [0.15, 0.2) is 0 Å². The summed E-state index contributed by atoms with van der Waals surface area (Å²) in [6.07, 6.45) is 4.66. The first kappa shape index (κ1) is 15.5. The van der Waals surface area contributed by atoms with E-state index in [2.05, 4.69) is 60.4 Å². The lowest BCUT2D eigenvalue weighted by Gasteiger charge is -2.31. The fourth-order valence-electron chi connectivity index (χ4n) is 1.86. The molecule has 0 aliphatic rings. The zero-order valence-electron chi connectivity index (χ0n) is 11.0. The summed E-state index contributed by atoms with van der Waals surface area (Å²) in [5, 5.41) is 3.67. The third-order valence-corrected chi connectivity index (χ3v) is 6.87. The molecule has 0 aromatic carbocycles. The molecule has 98 valence electrons. The molecule has 1 N–H and O–H groups in total. The van der Waals surface area contributed by atoms with Gasteiger partial charge in [-0.25, -0.2) is 0 Å². The molecular weight excluding hydrogens is 314 g/mol. The van der Waals surface area contributed by atoms with Gasteiger partial charge in [0.2, 0.25) is 0 Å². The zero-order valence-corrected chi connectivity index (χ0v) is 14.3. The smallest absolute Gasteiger partial charge is 0.0701 e. The Morgan fingerprint density at radius 1 is 1.41 bits per heavy atom. The van der Waals surface area contributed by atoms with Crippen LogP contribution in [0.25, 0.3) is 0 Å². The number of thiophene rings is 1. The third-order valence-electron chi connectivity index (χ3n) is 3.47. The van der Waals surface area contributed by atoms with Crippen LogP contribution < -0.4 is 5.32 Å². The second kappa shape index (κ2) is 7.17. The van der Waals surface area contributed by atoms with Crippen LogP contribution in [-0.4, -0.2) is 17.5 Å². The molecule has 0 saturated heterocycles. The van der Waals surface area contributed by atoms with Crippen molar-refractivity contribution >= 4 is 39.0 Å². The highest BCUT2D eigenvalue weighted by atomic mass is 79.9. The minimum absolute atomic E-state index is 0.392. The van der Waals surface area contributed by atoms with Crippen LogP contribution in [0.1, 0.15) is 44.5 Å². The van der Waals surface area contributed by atoms with Gasteiger partial charge in [-0.05, 0) is 54.1 Å². The largest absolute Gasteiger partial charge is 0.308 e. The molecule has 0 amide bonds. The van der Waals surface area contributed by atoms with E-state index < -0.39 is 0 Å². The molecule has 1 heterocycles. The predicted octanol–water partition coefficient (Wildman–Crippen LogP) is 5.08. The minimum Gasteiger partial charge on any atom is -0.308 e. The molecule has 1 nitrogen and oxygen atoms in total.